The third kappa shape index (κ3) is 2.25. The summed E-state index contributed by atoms with van der Waals surface area (Å²) in [5, 5.41) is 0. The summed E-state index contributed by atoms with van der Waals surface area (Å²) in [5.74, 6) is 5.37. The van der Waals surface area contributed by atoms with Crippen LogP contribution in [0.1, 0.15) is 31.5 Å². The lowest BCUT2D eigenvalue weighted by Gasteiger charge is -2.12. The van der Waals surface area contributed by atoms with Gasteiger partial charge in [0.05, 0.1) is 17.9 Å². The quantitative estimate of drug-likeness (QED) is 0.512. The van der Waals surface area contributed by atoms with E-state index in [1.807, 2.05) is 0 Å². The number of nitrogens with two attached hydrogens (primary N) is 1. The van der Waals surface area contributed by atoms with E-state index in [2.05, 4.69) is 22.3 Å². The van der Waals surface area contributed by atoms with Crippen molar-refractivity contribution in [2.24, 2.45) is 5.84 Å². The number of nitrogens with zero attached hydrogens (tertiary/aromatic N) is 2. The number of hydrogen-bond acceptors (Lipinski definition) is 4. The lowest BCUT2D eigenvalue weighted by molar-refractivity contribution is 0.497. The van der Waals surface area contributed by atoms with E-state index in [4.69, 9.17) is 5.84 Å². The lowest BCUT2D eigenvalue weighted by Crippen LogP contribution is -2.28. The number of hydrogen-bond donors (Lipinski definition) is 2. The molecule has 0 saturated carbocycles. The molecule has 0 aliphatic carbocycles. The Bertz CT molecular complexity index is 212. The van der Waals surface area contributed by atoms with Crippen molar-refractivity contribution in [3.8, 4) is 0 Å². The van der Waals surface area contributed by atoms with Crippen LogP contribution in [-0.2, 0) is 0 Å². The van der Waals surface area contributed by atoms with Crippen LogP contribution in [0.3, 0.4) is 0 Å². The Morgan fingerprint density at radius 3 is 2.92 bits per heavy atom. The van der Waals surface area contributed by atoms with Gasteiger partial charge in [-0.25, -0.2) is 0 Å². The molecule has 12 heavy (non-hydrogen) atoms. The second kappa shape index (κ2) is 4.79. The van der Waals surface area contributed by atoms with Crippen molar-refractivity contribution in [3.63, 3.8) is 0 Å². The highest BCUT2D eigenvalue weighted by Crippen LogP contribution is 2.12. The molecule has 1 atom stereocenters. The van der Waals surface area contributed by atoms with E-state index in [1.54, 1.807) is 18.6 Å². The summed E-state index contributed by atoms with van der Waals surface area (Å²) in [6.45, 7) is 2.11. The number of aromatic nitrogens is 2. The van der Waals surface area contributed by atoms with E-state index < -0.39 is 0 Å². The highest BCUT2D eigenvalue weighted by atomic mass is 15.2. The minimum atomic E-state index is 0.128. The summed E-state index contributed by atoms with van der Waals surface area (Å²) in [6.07, 6.45) is 7.12. The van der Waals surface area contributed by atoms with Crippen molar-refractivity contribution in [2.45, 2.75) is 25.8 Å². The second-order valence-corrected chi connectivity index (χ2v) is 2.64. The number of nitrogens with one attached hydrogen (secondary N) is 1. The maximum Gasteiger partial charge on any atom is 0.0769 e. The van der Waals surface area contributed by atoms with E-state index >= 15 is 0 Å². The molecule has 0 aliphatic rings. The molecule has 0 spiro atoms. The normalized spacial score (nSPS) is 12.8. The van der Waals surface area contributed by atoms with Gasteiger partial charge >= 0.3 is 0 Å². The molecule has 0 saturated heterocycles. The van der Waals surface area contributed by atoms with Gasteiger partial charge in [0.1, 0.15) is 0 Å². The maximum atomic E-state index is 5.37. The minimum Gasteiger partial charge on any atom is -0.271 e. The fourth-order valence-electron chi connectivity index (χ4n) is 1.10. The zero-order chi connectivity index (χ0) is 8.81. The summed E-state index contributed by atoms with van der Waals surface area (Å²) in [6, 6.07) is 0.128. The van der Waals surface area contributed by atoms with Gasteiger partial charge in [0.15, 0.2) is 0 Å². The number of hydrazine groups is 1. The molecule has 1 heterocycles. The SMILES string of the molecule is CCCC(NN)c1cnccn1. The Morgan fingerprint density at radius 1 is 1.58 bits per heavy atom. The van der Waals surface area contributed by atoms with Crippen LogP contribution in [0.25, 0.3) is 0 Å². The third-order valence-corrected chi connectivity index (χ3v) is 1.72. The summed E-state index contributed by atoms with van der Waals surface area (Å²) in [7, 11) is 0. The molecule has 0 radical (unpaired) electrons. The first-order valence-corrected chi connectivity index (χ1v) is 4.10. The van der Waals surface area contributed by atoms with E-state index in [0.717, 1.165) is 18.5 Å². The van der Waals surface area contributed by atoms with Crippen LogP contribution in [0.4, 0.5) is 0 Å². The van der Waals surface area contributed by atoms with Gasteiger partial charge in [0.2, 0.25) is 0 Å². The summed E-state index contributed by atoms with van der Waals surface area (Å²) in [4.78, 5) is 8.14. The maximum absolute atomic E-state index is 5.37. The van der Waals surface area contributed by atoms with Crippen LogP contribution in [0.5, 0.6) is 0 Å². The van der Waals surface area contributed by atoms with Gasteiger partial charge in [0, 0.05) is 12.4 Å². The topological polar surface area (TPSA) is 63.8 Å². The molecule has 1 rings (SSSR count). The second-order valence-electron chi connectivity index (χ2n) is 2.64. The van der Waals surface area contributed by atoms with Gasteiger partial charge in [-0.15, -0.1) is 0 Å². The molecule has 0 aliphatic heterocycles. The first kappa shape index (κ1) is 9.09. The molecule has 0 bridgehead atoms. The first-order valence-electron chi connectivity index (χ1n) is 4.10. The van der Waals surface area contributed by atoms with Crippen LogP contribution in [0, 0.1) is 0 Å². The molecular formula is C8H14N4. The van der Waals surface area contributed by atoms with E-state index in [-0.39, 0.29) is 6.04 Å². The summed E-state index contributed by atoms with van der Waals surface area (Å²) < 4.78 is 0. The fraction of sp³-hybridized carbons (Fsp3) is 0.500. The van der Waals surface area contributed by atoms with Crippen LogP contribution in [-0.4, -0.2) is 9.97 Å². The van der Waals surface area contributed by atoms with E-state index in [0.29, 0.717) is 0 Å². The van der Waals surface area contributed by atoms with Crippen molar-refractivity contribution in [1.29, 1.82) is 0 Å². The predicted octanol–water partition coefficient (Wildman–Crippen LogP) is 0.781. The Morgan fingerprint density at radius 2 is 2.42 bits per heavy atom. The summed E-state index contributed by atoms with van der Waals surface area (Å²) in [5.41, 5.74) is 3.62. The minimum absolute atomic E-state index is 0.128. The Hall–Kier alpha value is -1.00. The average Bonchev–Trinajstić information content (AvgIpc) is 2.15. The van der Waals surface area contributed by atoms with E-state index in [9.17, 15) is 0 Å². The van der Waals surface area contributed by atoms with Crippen molar-refractivity contribution >= 4 is 0 Å². The van der Waals surface area contributed by atoms with Gasteiger partial charge < -0.3 is 0 Å². The highest BCUT2D eigenvalue weighted by molar-refractivity contribution is 5.01. The Balaban J connectivity index is 2.66. The van der Waals surface area contributed by atoms with Gasteiger partial charge in [-0.1, -0.05) is 13.3 Å². The standard InChI is InChI=1S/C8H14N4/c1-2-3-7(12-9)8-6-10-4-5-11-8/h4-7,12H,2-3,9H2,1H3. The van der Waals surface area contributed by atoms with Gasteiger partial charge in [-0.05, 0) is 6.42 Å². The van der Waals surface area contributed by atoms with Crippen molar-refractivity contribution in [3.05, 3.63) is 24.3 Å². The Kier molecular flexibility index (Phi) is 3.63. The molecule has 0 amide bonds. The van der Waals surface area contributed by atoms with Gasteiger partial charge in [0.25, 0.3) is 0 Å². The molecule has 1 unspecified atom stereocenters. The van der Waals surface area contributed by atoms with Crippen molar-refractivity contribution in [1.82, 2.24) is 15.4 Å². The third-order valence-electron chi connectivity index (χ3n) is 1.72. The first-order chi connectivity index (χ1) is 5.88. The van der Waals surface area contributed by atoms with E-state index in [1.165, 1.54) is 0 Å². The largest absolute Gasteiger partial charge is 0.271 e. The molecule has 1 aromatic rings. The van der Waals surface area contributed by atoms with Crippen molar-refractivity contribution < 1.29 is 0 Å². The molecule has 4 nitrogen and oxygen atoms in total. The zero-order valence-electron chi connectivity index (χ0n) is 7.20. The molecule has 0 aromatic carbocycles. The number of rotatable bonds is 4. The highest BCUT2D eigenvalue weighted by Gasteiger charge is 2.08. The molecule has 66 valence electrons. The van der Waals surface area contributed by atoms with Gasteiger partial charge in [-0.2, -0.15) is 0 Å². The molecule has 3 N–H and O–H groups in total. The zero-order valence-corrected chi connectivity index (χ0v) is 7.20. The fourth-order valence-corrected chi connectivity index (χ4v) is 1.10. The lowest BCUT2D eigenvalue weighted by atomic mass is 10.1. The monoisotopic (exact) mass is 166 g/mol. The Labute approximate surface area is 72.2 Å². The van der Waals surface area contributed by atoms with Crippen LogP contribution >= 0.6 is 0 Å². The van der Waals surface area contributed by atoms with Crippen molar-refractivity contribution in [2.75, 3.05) is 0 Å². The molecule has 4 heteroatoms. The van der Waals surface area contributed by atoms with Crippen LogP contribution in [0.2, 0.25) is 0 Å². The molecular weight excluding hydrogens is 152 g/mol. The predicted molar refractivity (Wildman–Crippen MR) is 47.0 cm³/mol. The van der Waals surface area contributed by atoms with Gasteiger partial charge in [-0.3, -0.25) is 21.2 Å². The molecule has 0 fully saturated rings. The average molecular weight is 166 g/mol. The molecule has 1 aromatic heterocycles. The summed E-state index contributed by atoms with van der Waals surface area (Å²) >= 11 is 0. The van der Waals surface area contributed by atoms with Crippen LogP contribution < -0.4 is 11.3 Å². The van der Waals surface area contributed by atoms with Crippen LogP contribution in [0.15, 0.2) is 18.6 Å². The smallest absolute Gasteiger partial charge is 0.0769 e.